The van der Waals surface area contributed by atoms with Gasteiger partial charge in [0, 0.05) is 37.0 Å². The molecule has 7 rings (SSSR count). The van der Waals surface area contributed by atoms with E-state index in [0.717, 1.165) is 41.3 Å². The van der Waals surface area contributed by atoms with Crippen molar-refractivity contribution in [2.75, 3.05) is 31.5 Å². The van der Waals surface area contributed by atoms with E-state index >= 15 is 0 Å². The van der Waals surface area contributed by atoms with Gasteiger partial charge in [0.25, 0.3) is 0 Å². The number of nitrogens with one attached hydrogen (secondary N) is 2. The van der Waals surface area contributed by atoms with Crippen LogP contribution in [0.25, 0.3) is 21.8 Å². The van der Waals surface area contributed by atoms with Gasteiger partial charge in [-0.2, -0.15) is 15.3 Å². The summed E-state index contributed by atoms with van der Waals surface area (Å²) in [5.74, 6) is 3.66. The number of ether oxygens (including phenoxy) is 4. The van der Waals surface area contributed by atoms with E-state index < -0.39 is 0 Å². The largest absolute Gasteiger partial charge is 0.497 e. The molecule has 242 valence electrons. The van der Waals surface area contributed by atoms with Crippen molar-refractivity contribution in [3.63, 3.8) is 0 Å². The molecule has 0 spiro atoms. The summed E-state index contributed by atoms with van der Waals surface area (Å²) in [5, 5.41) is 22.2. The second-order valence-electron chi connectivity index (χ2n) is 11.3. The number of hydrogen-bond acceptors (Lipinski definition) is 12. The Hall–Kier alpha value is -6.00. The van der Waals surface area contributed by atoms with Crippen molar-refractivity contribution in [1.29, 1.82) is 5.26 Å². The molecule has 1 atom stereocenters. The van der Waals surface area contributed by atoms with Gasteiger partial charge in [0.1, 0.15) is 46.4 Å². The molecule has 2 aromatic carbocycles. The molecule has 13 nitrogen and oxygen atoms in total. The maximum atomic E-state index is 9.40. The van der Waals surface area contributed by atoms with Crippen LogP contribution in [0, 0.1) is 18.3 Å². The van der Waals surface area contributed by atoms with E-state index in [9.17, 15) is 5.26 Å². The minimum absolute atomic E-state index is 0.130. The van der Waals surface area contributed by atoms with Gasteiger partial charge in [0.15, 0.2) is 6.23 Å². The predicted octanol–water partition coefficient (Wildman–Crippen LogP) is 6.81. The Morgan fingerprint density at radius 1 is 1.02 bits per heavy atom. The minimum Gasteiger partial charge on any atom is -0.497 e. The van der Waals surface area contributed by atoms with Gasteiger partial charge in [-0.05, 0) is 62.1 Å². The molecule has 13 heteroatoms. The van der Waals surface area contributed by atoms with Gasteiger partial charge in [0.2, 0.25) is 5.88 Å². The zero-order chi connectivity index (χ0) is 33.0. The molecular weight excluding hydrogens is 610 g/mol. The molecule has 1 unspecified atom stereocenters. The Morgan fingerprint density at radius 3 is 2.75 bits per heavy atom. The van der Waals surface area contributed by atoms with Crippen molar-refractivity contribution in [3.05, 3.63) is 83.9 Å². The molecule has 6 aromatic rings. The summed E-state index contributed by atoms with van der Waals surface area (Å²) < 4.78 is 25.7. The fourth-order valence-electron chi connectivity index (χ4n) is 5.78. The second kappa shape index (κ2) is 13.4. The maximum Gasteiger partial charge on any atom is 0.234 e. The molecular formula is C35H33N9O4. The van der Waals surface area contributed by atoms with Crippen molar-refractivity contribution in [1.82, 2.24) is 29.7 Å². The van der Waals surface area contributed by atoms with Gasteiger partial charge < -0.3 is 29.6 Å². The zero-order valence-corrected chi connectivity index (χ0v) is 26.7. The summed E-state index contributed by atoms with van der Waals surface area (Å²) in [6.45, 7) is 3.09. The molecule has 1 fully saturated rings. The maximum absolute atomic E-state index is 9.40. The number of nitriles is 1. The highest BCUT2D eigenvalue weighted by atomic mass is 16.5. The average Bonchev–Trinajstić information content (AvgIpc) is 3.56. The monoisotopic (exact) mass is 643 g/mol. The lowest BCUT2D eigenvalue weighted by Crippen LogP contribution is -2.18. The van der Waals surface area contributed by atoms with Gasteiger partial charge in [-0.3, -0.25) is 0 Å². The molecule has 2 N–H and O–H groups in total. The summed E-state index contributed by atoms with van der Waals surface area (Å²) in [5.41, 5.74) is 3.75. The quantitative estimate of drug-likeness (QED) is 0.161. The highest BCUT2D eigenvalue weighted by Gasteiger charge is 2.23. The van der Waals surface area contributed by atoms with Crippen LogP contribution in [0.15, 0.2) is 67.3 Å². The number of anilines is 3. The predicted molar refractivity (Wildman–Crippen MR) is 180 cm³/mol. The van der Waals surface area contributed by atoms with Gasteiger partial charge >= 0.3 is 0 Å². The van der Waals surface area contributed by atoms with Gasteiger partial charge in [-0.1, -0.05) is 6.07 Å². The van der Waals surface area contributed by atoms with Crippen molar-refractivity contribution >= 4 is 39.3 Å². The lowest BCUT2D eigenvalue weighted by Gasteiger charge is -2.23. The summed E-state index contributed by atoms with van der Waals surface area (Å²) >= 11 is 0. The Morgan fingerprint density at radius 2 is 1.94 bits per heavy atom. The third-order valence-electron chi connectivity index (χ3n) is 8.23. The fraction of sp³-hybridized carbons (Fsp3) is 0.257. The number of aromatic nitrogens is 6. The topological polar surface area (TPSA) is 154 Å². The van der Waals surface area contributed by atoms with E-state index in [4.69, 9.17) is 29.0 Å². The number of benzene rings is 2. The normalized spacial score (nSPS) is 14.4. The number of nitrogens with zero attached hydrogens (tertiary/aromatic N) is 7. The number of hydrogen-bond donors (Lipinski definition) is 2. The molecule has 0 bridgehead atoms. The molecule has 0 radical (unpaired) electrons. The number of aryl methyl sites for hydroxylation is 1. The number of pyridine rings is 2. The summed E-state index contributed by atoms with van der Waals surface area (Å²) in [6, 6.07) is 16.9. The lowest BCUT2D eigenvalue weighted by molar-refractivity contribution is -0.0366. The van der Waals surface area contributed by atoms with Gasteiger partial charge in [-0.25, -0.2) is 19.6 Å². The van der Waals surface area contributed by atoms with Crippen LogP contribution in [0.5, 0.6) is 23.1 Å². The number of rotatable bonds is 10. The zero-order valence-electron chi connectivity index (χ0n) is 26.7. The molecule has 5 heterocycles. The molecule has 0 saturated carbocycles. The number of fused-ring (bicyclic) bond motifs is 2. The van der Waals surface area contributed by atoms with Crippen molar-refractivity contribution in [3.8, 4) is 29.2 Å². The van der Waals surface area contributed by atoms with Crippen molar-refractivity contribution in [2.24, 2.45) is 0 Å². The molecule has 1 saturated heterocycles. The minimum atomic E-state index is -0.130. The average molecular weight is 644 g/mol. The number of methoxy groups -OCH3 is 2. The van der Waals surface area contributed by atoms with Crippen LogP contribution in [-0.4, -0.2) is 50.5 Å². The molecule has 1 aliphatic heterocycles. The van der Waals surface area contributed by atoms with E-state index in [2.05, 4.69) is 31.7 Å². The first-order valence-corrected chi connectivity index (χ1v) is 15.5. The summed E-state index contributed by atoms with van der Waals surface area (Å²) in [6.07, 6.45) is 7.75. The van der Waals surface area contributed by atoms with Crippen molar-refractivity contribution < 1.29 is 18.9 Å². The SMILES string of the molecule is COc1ccc(CNc2ncnc3cc(Nc4cc(C#N)ccn4)nc(Oc4c(C)ccc5c4cnn5C4CCCCO4)c23)c(OC)c1. The van der Waals surface area contributed by atoms with E-state index in [1.54, 1.807) is 38.6 Å². The van der Waals surface area contributed by atoms with Gasteiger partial charge in [0.05, 0.1) is 48.5 Å². The fourth-order valence-corrected chi connectivity index (χ4v) is 5.78. The first-order valence-electron chi connectivity index (χ1n) is 15.5. The molecule has 0 amide bonds. The first kappa shape index (κ1) is 30.6. The Labute approximate surface area is 276 Å². The summed E-state index contributed by atoms with van der Waals surface area (Å²) in [4.78, 5) is 18.4. The van der Waals surface area contributed by atoms with E-state index in [1.165, 1.54) is 6.33 Å². The van der Waals surface area contributed by atoms with Crippen molar-refractivity contribution in [2.45, 2.75) is 39.0 Å². The van der Waals surface area contributed by atoms with Crippen LogP contribution in [0.1, 0.15) is 42.2 Å². The van der Waals surface area contributed by atoms with Crippen LogP contribution >= 0.6 is 0 Å². The highest BCUT2D eigenvalue weighted by molar-refractivity contribution is 5.96. The molecule has 0 aliphatic carbocycles. The van der Waals surface area contributed by atoms with Gasteiger partial charge in [-0.15, -0.1) is 0 Å². The Kier molecular flexibility index (Phi) is 8.55. The molecule has 4 aromatic heterocycles. The summed E-state index contributed by atoms with van der Waals surface area (Å²) in [7, 11) is 3.24. The third-order valence-corrected chi connectivity index (χ3v) is 8.23. The third kappa shape index (κ3) is 6.08. The van der Waals surface area contributed by atoms with Crippen LogP contribution in [-0.2, 0) is 11.3 Å². The highest BCUT2D eigenvalue weighted by Crippen LogP contribution is 2.39. The van der Waals surface area contributed by atoms with Crippen LogP contribution in [0.3, 0.4) is 0 Å². The van der Waals surface area contributed by atoms with E-state index in [0.29, 0.717) is 64.3 Å². The van der Waals surface area contributed by atoms with Crippen LogP contribution in [0.2, 0.25) is 0 Å². The Bertz CT molecular complexity index is 2150. The molecule has 48 heavy (non-hydrogen) atoms. The van der Waals surface area contributed by atoms with Crippen LogP contribution < -0.4 is 24.8 Å². The molecule has 1 aliphatic rings. The van der Waals surface area contributed by atoms with Crippen LogP contribution in [0.4, 0.5) is 17.5 Å². The Balaban J connectivity index is 1.32. The van der Waals surface area contributed by atoms with E-state index in [1.807, 2.05) is 48.1 Å². The smallest absolute Gasteiger partial charge is 0.234 e. The first-order chi connectivity index (χ1) is 23.5. The second-order valence-corrected chi connectivity index (χ2v) is 11.3. The lowest BCUT2D eigenvalue weighted by atomic mass is 10.1. The standard InChI is InChI=1S/C35H33N9O4/c1-21-7-10-27-25(19-41-44(27)31-6-4-5-13-47-31)33(21)48-35-32-26(16-30(43-35)42-29-14-22(17-36)11-12-37-29)39-20-40-34(32)38-18-23-8-9-24(45-2)15-28(23)46-3/h7-12,14-16,19-20,31H,4-6,13,18H2,1-3H3,(H,37,42,43)(H,38,39,40). The van der Waals surface area contributed by atoms with E-state index in [-0.39, 0.29) is 12.1 Å².